The Bertz CT molecular complexity index is 303. The predicted octanol–water partition coefficient (Wildman–Crippen LogP) is 2.16. The van der Waals surface area contributed by atoms with Crippen LogP contribution in [0, 0.1) is 5.92 Å². The smallest absolute Gasteiger partial charge is 0.317 e. The van der Waals surface area contributed by atoms with Crippen molar-refractivity contribution in [3.8, 4) is 0 Å². The summed E-state index contributed by atoms with van der Waals surface area (Å²) < 4.78 is 4.87. The number of amides is 2. The standard InChI is InChI=1S/C14H26N2O3/c1-4-16(5-2)14(18)15-12-10-8-6-7-9-11(12)13(17)19-3/h11-12H,4-10H2,1-3H3,(H,15,18)/t11-,12-/m1/s1. The summed E-state index contributed by atoms with van der Waals surface area (Å²) in [7, 11) is 1.41. The van der Waals surface area contributed by atoms with Gasteiger partial charge < -0.3 is 15.0 Å². The zero-order chi connectivity index (χ0) is 14.3. The number of carbonyl (C=O) groups excluding carboxylic acids is 2. The number of nitrogens with zero attached hydrogens (tertiary/aromatic N) is 1. The van der Waals surface area contributed by atoms with Crippen LogP contribution in [0.2, 0.25) is 0 Å². The van der Waals surface area contributed by atoms with Crippen molar-refractivity contribution in [3.05, 3.63) is 0 Å². The molecule has 0 spiro atoms. The van der Waals surface area contributed by atoms with Crippen LogP contribution in [0.25, 0.3) is 0 Å². The van der Waals surface area contributed by atoms with E-state index in [1.807, 2.05) is 13.8 Å². The Balaban J connectivity index is 2.69. The third-order valence-electron chi connectivity index (χ3n) is 3.88. The highest BCUT2D eigenvalue weighted by molar-refractivity contribution is 5.77. The first-order valence-corrected chi connectivity index (χ1v) is 7.27. The van der Waals surface area contributed by atoms with Crippen molar-refractivity contribution in [3.63, 3.8) is 0 Å². The molecule has 5 nitrogen and oxygen atoms in total. The van der Waals surface area contributed by atoms with E-state index in [1.54, 1.807) is 4.90 Å². The lowest BCUT2D eigenvalue weighted by Gasteiger charge is -2.27. The maximum atomic E-state index is 12.1. The molecule has 0 aromatic carbocycles. The van der Waals surface area contributed by atoms with E-state index >= 15 is 0 Å². The second kappa shape index (κ2) is 8.02. The van der Waals surface area contributed by atoms with Crippen LogP contribution < -0.4 is 5.32 Å². The summed E-state index contributed by atoms with van der Waals surface area (Å²) in [6.07, 6.45) is 4.85. The summed E-state index contributed by atoms with van der Waals surface area (Å²) >= 11 is 0. The van der Waals surface area contributed by atoms with E-state index in [4.69, 9.17) is 4.74 Å². The molecule has 2 atom stereocenters. The molecule has 1 rings (SSSR count). The fourth-order valence-corrected chi connectivity index (χ4v) is 2.67. The third-order valence-corrected chi connectivity index (χ3v) is 3.88. The molecule has 19 heavy (non-hydrogen) atoms. The largest absolute Gasteiger partial charge is 0.469 e. The molecule has 0 unspecified atom stereocenters. The van der Waals surface area contributed by atoms with Crippen molar-refractivity contribution in [1.29, 1.82) is 0 Å². The van der Waals surface area contributed by atoms with Crippen LogP contribution in [0.5, 0.6) is 0 Å². The first-order valence-electron chi connectivity index (χ1n) is 7.27. The van der Waals surface area contributed by atoms with Gasteiger partial charge in [-0.3, -0.25) is 4.79 Å². The van der Waals surface area contributed by atoms with E-state index in [1.165, 1.54) is 7.11 Å². The summed E-state index contributed by atoms with van der Waals surface area (Å²) in [4.78, 5) is 25.7. The summed E-state index contributed by atoms with van der Waals surface area (Å²) in [5.41, 5.74) is 0. The first-order chi connectivity index (χ1) is 9.13. The minimum absolute atomic E-state index is 0.0780. The van der Waals surface area contributed by atoms with Crippen molar-refractivity contribution in [2.45, 2.75) is 52.0 Å². The monoisotopic (exact) mass is 270 g/mol. The minimum Gasteiger partial charge on any atom is -0.469 e. The van der Waals surface area contributed by atoms with Gasteiger partial charge in [-0.05, 0) is 26.7 Å². The van der Waals surface area contributed by atoms with Crippen LogP contribution in [-0.2, 0) is 9.53 Å². The number of hydrogen-bond donors (Lipinski definition) is 1. The van der Waals surface area contributed by atoms with Crippen LogP contribution in [-0.4, -0.2) is 43.1 Å². The highest BCUT2D eigenvalue weighted by Gasteiger charge is 2.32. The lowest BCUT2D eigenvalue weighted by molar-refractivity contribution is -0.146. The highest BCUT2D eigenvalue weighted by atomic mass is 16.5. The Hall–Kier alpha value is -1.26. The lowest BCUT2D eigenvalue weighted by atomic mass is 9.95. The molecular formula is C14H26N2O3. The van der Waals surface area contributed by atoms with Crippen LogP contribution >= 0.6 is 0 Å². The summed E-state index contributed by atoms with van der Waals surface area (Å²) in [5.74, 6) is -0.404. The number of methoxy groups -OCH3 is 1. The summed E-state index contributed by atoms with van der Waals surface area (Å²) in [5, 5.41) is 3.01. The Morgan fingerprint density at radius 2 is 1.79 bits per heavy atom. The summed E-state index contributed by atoms with van der Waals surface area (Å²) in [6.45, 7) is 5.26. The molecule has 0 aromatic heterocycles. The average Bonchev–Trinajstić information content (AvgIpc) is 2.64. The van der Waals surface area contributed by atoms with E-state index in [-0.39, 0.29) is 24.0 Å². The molecule has 0 heterocycles. The van der Waals surface area contributed by atoms with Gasteiger partial charge in [-0.1, -0.05) is 19.3 Å². The van der Waals surface area contributed by atoms with E-state index in [2.05, 4.69) is 5.32 Å². The van der Waals surface area contributed by atoms with E-state index in [0.717, 1.165) is 32.1 Å². The number of esters is 1. The van der Waals surface area contributed by atoms with Gasteiger partial charge in [-0.15, -0.1) is 0 Å². The van der Waals surface area contributed by atoms with E-state index in [0.29, 0.717) is 13.1 Å². The second-order valence-corrected chi connectivity index (χ2v) is 5.00. The van der Waals surface area contributed by atoms with Gasteiger partial charge in [0, 0.05) is 19.1 Å². The second-order valence-electron chi connectivity index (χ2n) is 5.00. The fourth-order valence-electron chi connectivity index (χ4n) is 2.67. The Morgan fingerprint density at radius 3 is 2.37 bits per heavy atom. The molecule has 1 saturated carbocycles. The number of ether oxygens (including phenoxy) is 1. The predicted molar refractivity (Wildman–Crippen MR) is 73.8 cm³/mol. The SMILES string of the molecule is CCN(CC)C(=O)N[C@@H]1CCCCC[C@H]1C(=O)OC. The molecule has 0 radical (unpaired) electrons. The molecule has 5 heteroatoms. The highest BCUT2D eigenvalue weighted by Crippen LogP contribution is 2.24. The van der Waals surface area contributed by atoms with Gasteiger partial charge in [0.05, 0.1) is 13.0 Å². The minimum atomic E-state index is -0.202. The summed E-state index contributed by atoms with van der Waals surface area (Å²) in [6, 6.07) is -0.172. The van der Waals surface area contributed by atoms with E-state index in [9.17, 15) is 9.59 Å². The molecule has 2 amide bonds. The van der Waals surface area contributed by atoms with Crippen molar-refractivity contribution >= 4 is 12.0 Å². The van der Waals surface area contributed by atoms with Crippen LogP contribution in [0.3, 0.4) is 0 Å². The average molecular weight is 270 g/mol. The van der Waals surface area contributed by atoms with Gasteiger partial charge in [0.1, 0.15) is 0 Å². The normalized spacial score (nSPS) is 23.3. The molecule has 0 aromatic rings. The van der Waals surface area contributed by atoms with Crippen molar-refractivity contribution < 1.29 is 14.3 Å². The number of carbonyl (C=O) groups is 2. The molecule has 1 N–H and O–H groups in total. The Kier molecular flexibility index (Phi) is 6.67. The molecule has 1 aliphatic rings. The number of hydrogen-bond acceptors (Lipinski definition) is 3. The first kappa shape index (κ1) is 15.8. The number of nitrogens with one attached hydrogen (secondary N) is 1. The zero-order valence-electron chi connectivity index (χ0n) is 12.3. The van der Waals surface area contributed by atoms with Gasteiger partial charge in [-0.2, -0.15) is 0 Å². The molecule has 1 aliphatic carbocycles. The maximum absolute atomic E-state index is 12.1. The molecule has 0 aliphatic heterocycles. The number of rotatable bonds is 4. The topological polar surface area (TPSA) is 58.6 Å². The Morgan fingerprint density at radius 1 is 1.16 bits per heavy atom. The molecule has 0 bridgehead atoms. The zero-order valence-corrected chi connectivity index (χ0v) is 12.3. The van der Waals surface area contributed by atoms with Gasteiger partial charge in [0.2, 0.25) is 0 Å². The van der Waals surface area contributed by atoms with Crippen LogP contribution in [0.1, 0.15) is 46.0 Å². The van der Waals surface area contributed by atoms with Crippen molar-refractivity contribution in [2.75, 3.05) is 20.2 Å². The number of urea groups is 1. The molecular weight excluding hydrogens is 244 g/mol. The van der Waals surface area contributed by atoms with Crippen LogP contribution in [0.15, 0.2) is 0 Å². The maximum Gasteiger partial charge on any atom is 0.317 e. The van der Waals surface area contributed by atoms with Gasteiger partial charge in [0.25, 0.3) is 0 Å². The van der Waals surface area contributed by atoms with Gasteiger partial charge in [-0.25, -0.2) is 4.79 Å². The van der Waals surface area contributed by atoms with Crippen LogP contribution in [0.4, 0.5) is 4.79 Å². The van der Waals surface area contributed by atoms with Gasteiger partial charge in [0.15, 0.2) is 0 Å². The molecule has 110 valence electrons. The van der Waals surface area contributed by atoms with Gasteiger partial charge >= 0.3 is 12.0 Å². The molecule has 1 fully saturated rings. The molecule has 0 saturated heterocycles. The van der Waals surface area contributed by atoms with E-state index < -0.39 is 0 Å². The third kappa shape index (κ3) is 4.40. The Labute approximate surface area is 115 Å². The fraction of sp³-hybridized carbons (Fsp3) is 0.857. The van der Waals surface area contributed by atoms with Crippen molar-refractivity contribution in [2.24, 2.45) is 5.92 Å². The quantitative estimate of drug-likeness (QED) is 0.629. The lowest BCUT2D eigenvalue weighted by Crippen LogP contribution is -2.49. The van der Waals surface area contributed by atoms with Crippen molar-refractivity contribution in [1.82, 2.24) is 10.2 Å².